The van der Waals surface area contributed by atoms with Crippen LogP contribution in [-0.4, -0.2) is 5.88 Å². The fraction of sp³-hybridized carbons (Fsp3) is 0.538. The van der Waals surface area contributed by atoms with Crippen molar-refractivity contribution in [3.8, 4) is 0 Å². The van der Waals surface area contributed by atoms with Gasteiger partial charge in [-0.3, -0.25) is 0 Å². The maximum Gasteiger partial charge on any atom is 0.0438 e. The fourth-order valence-electron chi connectivity index (χ4n) is 3.37. The van der Waals surface area contributed by atoms with Gasteiger partial charge in [-0.15, -0.1) is 11.6 Å². The second-order valence-electron chi connectivity index (χ2n) is 5.41. The second-order valence-corrected chi connectivity index (χ2v) is 6.08. The lowest BCUT2D eigenvalue weighted by Gasteiger charge is -2.71. The first-order valence-corrected chi connectivity index (χ1v) is 6.33. The second kappa shape index (κ2) is 2.93. The van der Waals surface area contributed by atoms with E-state index in [-0.39, 0.29) is 0 Å². The fourth-order valence-corrected chi connectivity index (χ4v) is 3.83. The highest BCUT2D eigenvalue weighted by atomic mass is 35.5. The van der Waals surface area contributed by atoms with Crippen molar-refractivity contribution in [2.75, 3.05) is 5.88 Å². The van der Waals surface area contributed by atoms with Crippen molar-refractivity contribution in [2.24, 2.45) is 5.41 Å². The summed E-state index contributed by atoms with van der Waals surface area (Å²) >= 11 is 12.1. The summed E-state index contributed by atoms with van der Waals surface area (Å²) in [4.78, 5) is 0. The minimum Gasteiger partial charge on any atom is -0.126 e. The Hall–Kier alpha value is -0.200. The van der Waals surface area contributed by atoms with Gasteiger partial charge in [0.1, 0.15) is 0 Å². The van der Waals surface area contributed by atoms with E-state index < -0.39 is 0 Å². The number of hydrogen-bond acceptors (Lipinski definition) is 0. The predicted molar refractivity (Wildman–Crippen MR) is 64.9 cm³/mol. The summed E-state index contributed by atoms with van der Waals surface area (Å²) in [6.07, 6.45) is 3.80. The van der Waals surface area contributed by atoms with Gasteiger partial charge >= 0.3 is 0 Å². The molecule has 3 fully saturated rings. The molecule has 4 rings (SSSR count). The van der Waals surface area contributed by atoms with Crippen LogP contribution in [0.2, 0.25) is 5.02 Å². The molecule has 1 aromatic rings. The molecule has 0 saturated heterocycles. The van der Waals surface area contributed by atoms with E-state index in [4.69, 9.17) is 23.2 Å². The minimum atomic E-state index is 0.437. The van der Waals surface area contributed by atoms with Crippen molar-refractivity contribution in [2.45, 2.75) is 31.6 Å². The van der Waals surface area contributed by atoms with E-state index in [0.29, 0.717) is 10.8 Å². The molecule has 0 atom stereocenters. The molecule has 0 N–H and O–H groups in total. The first kappa shape index (κ1) is 9.99. The minimum absolute atomic E-state index is 0.437. The first-order valence-electron chi connectivity index (χ1n) is 5.42. The Balaban J connectivity index is 1.88. The van der Waals surface area contributed by atoms with E-state index in [1.807, 2.05) is 6.92 Å². The van der Waals surface area contributed by atoms with Crippen LogP contribution < -0.4 is 0 Å². The van der Waals surface area contributed by atoms with Crippen LogP contribution in [-0.2, 0) is 5.41 Å². The van der Waals surface area contributed by atoms with Crippen LogP contribution in [0.1, 0.15) is 30.4 Å². The Morgan fingerprint density at radius 3 is 2.47 bits per heavy atom. The summed E-state index contributed by atoms with van der Waals surface area (Å²) in [6.45, 7) is 2.05. The van der Waals surface area contributed by atoms with E-state index in [0.717, 1.165) is 10.9 Å². The largest absolute Gasteiger partial charge is 0.126 e. The molecule has 0 aromatic heterocycles. The lowest BCUT2D eigenvalue weighted by molar-refractivity contribution is -0.122. The van der Waals surface area contributed by atoms with Gasteiger partial charge in [0.05, 0.1) is 0 Å². The summed E-state index contributed by atoms with van der Waals surface area (Å²) in [7, 11) is 0. The van der Waals surface area contributed by atoms with Crippen LogP contribution in [0.5, 0.6) is 0 Å². The number of hydrogen-bond donors (Lipinski definition) is 0. The molecular formula is C13H14Cl2. The Bertz CT molecular complexity index is 403. The van der Waals surface area contributed by atoms with E-state index in [1.54, 1.807) is 0 Å². The Labute approximate surface area is 101 Å². The van der Waals surface area contributed by atoms with Crippen molar-refractivity contribution in [3.63, 3.8) is 0 Å². The summed E-state index contributed by atoms with van der Waals surface area (Å²) in [5.74, 6) is 0.828. The summed E-state index contributed by atoms with van der Waals surface area (Å²) in [5.41, 5.74) is 3.51. The number of rotatable bonds is 2. The molecule has 0 amide bonds. The normalized spacial score (nSPS) is 37.0. The maximum absolute atomic E-state index is 6.16. The lowest BCUT2D eigenvalue weighted by atomic mass is 9.34. The van der Waals surface area contributed by atoms with Crippen LogP contribution in [0, 0.1) is 12.3 Å². The molecule has 0 aliphatic heterocycles. The molecule has 0 unspecified atom stereocenters. The molecule has 15 heavy (non-hydrogen) atoms. The Kier molecular flexibility index (Phi) is 1.95. The zero-order valence-corrected chi connectivity index (χ0v) is 10.3. The van der Waals surface area contributed by atoms with E-state index in [2.05, 4.69) is 18.2 Å². The summed E-state index contributed by atoms with van der Waals surface area (Å²) in [6, 6.07) is 6.51. The van der Waals surface area contributed by atoms with Gasteiger partial charge < -0.3 is 0 Å². The van der Waals surface area contributed by atoms with Gasteiger partial charge in [-0.05, 0) is 54.2 Å². The Morgan fingerprint density at radius 2 is 1.93 bits per heavy atom. The number of aryl methyl sites for hydroxylation is 1. The van der Waals surface area contributed by atoms with Gasteiger partial charge in [0.15, 0.2) is 0 Å². The van der Waals surface area contributed by atoms with Crippen LogP contribution in [0.4, 0.5) is 0 Å². The molecule has 2 heteroatoms. The maximum atomic E-state index is 6.16. The van der Waals surface area contributed by atoms with E-state index >= 15 is 0 Å². The number of alkyl halides is 1. The molecular weight excluding hydrogens is 227 g/mol. The van der Waals surface area contributed by atoms with Gasteiger partial charge in [-0.25, -0.2) is 0 Å². The molecule has 3 saturated carbocycles. The molecule has 2 bridgehead atoms. The first-order chi connectivity index (χ1) is 7.09. The zero-order valence-electron chi connectivity index (χ0n) is 8.82. The van der Waals surface area contributed by atoms with Gasteiger partial charge in [-0.2, -0.15) is 0 Å². The van der Waals surface area contributed by atoms with Crippen molar-refractivity contribution in [3.05, 3.63) is 34.3 Å². The van der Waals surface area contributed by atoms with Crippen molar-refractivity contribution >= 4 is 23.2 Å². The molecule has 80 valence electrons. The Morgan fingerprint density at radius 1 is 1.27 bits per heavy atom. The van der Waals surface area contributed by atoms with Gasteiger partial charge in [0.25, 0.3) is 0 Å². The van der Waals surface area contributed by atoms with Crippen molar-refractivity contribution in [1.82, 2.24) is 0 Å². The average Bonchev–Trinajstić information content (AvgIpc) is 2.07. The topological polar surface area (TPSA) is 0 Å². The molecule has 0 heterocycles. The average molecular weight is 241 g/mol. The predicted octanol–water partition coefficient (Wildman–Crippen LogP) is 4.31. The van der Waals surface area contributed by atoms with Crippen molar-refractivity contribution in [1.29, 1.82) is 0 Å². The monoisotopic (exact) mass is 240 g/mol. The highest BCUT2D eigenvalue weighted by Crippen LogP contribution is 2.73. The number of halogens is 2. The third kappa shape index (κ3) is 1.21. The third-order valence-corrected chi connectivity index (χ3v) is 5.18. The molecule has 0 radical (unpaired) electrons. The van der Waals surface area contributed by atoms with Crippen LogP contribution >= 0.6 is 23.2 Å². The van der Waals surface area contributed by atoms with Crippen LogP contribution in [0.3, 0.4) is 0 Å². The highest BCUT2D eigenvalue weighted by molar-refractivity contribution is 6.31. The van der Waals surface area contributed by atoms with E-state index in [1.165, 1.54) is 30.4 Å². The molecule has 3 aliphatic rings. The molecule has 0 nitrogen and oxygen atoms in total. The third-order valence-electron chi connectivity index (χ3n) is 4.21. The quantitative estimate of drug-likeness (QED) is 0.677. The van der Waals surface area contributed by atoms with Crippen molar-refractivity contribution < 1.29 is 0 Å². The van der Waals surface area contributed by atoms with Crippen LogP contribution in [0.15, 0.2) is 18.2 Å². The summed E-state index contributed by atoms with van der Waals surface area (Å²) < 4.78 is 0. The smallest absolute Gasteiger partial charge is 0.0438 e. The van der Waals surface area contributed by atoms with Crippen LogP contribution in [0.25, 0.3) is 0 Å². The molecule has 1 aromatic carbocycles. The zero-order chi connectivity index (χ0) is 10.7. The summed E-state index contributed by atoms with van der Waals surface area (Å²) in [5, 5.41) is 0.900. The molecule has 3 aliphatic carbocycles. The lowest BCUT2D eigenvalue weighted by Crippen LogP contribution is -2.65. The van der Waals surface area contributed by atoms with Gasteiger partial charge in [0.2, 0.25) is 0 Å². The standard InChI is InChI=1S/C13H14Cl2/c1-9-2-3-10(4-11(9)15)13-5-12(6-13,7-13)8-14/h2-4H,5-8H2,1H3. The highest BCUT2D eigenvalue weighted by Gasteiger charge is 2.67. The van der Waals surface area contributed by atoms with Gasteiger partial charge in [0, 0.05) is 10.9 Å². The number of benzene rings is 1. The SMILES string of the molecule is Cc1ccc(C23CC(CCl)(C2)C3)cc1Cl. The van der Waals surface area contributed by atoms with E-state index in [9.17, 15) is 0 Å². The van der Waals surface area contributed by atoms with Gasteiger partial charge in [-0.1, -0.05) is 23.7 Å². The molecule has 0 spiro atoms.